The van der Waals surface area contributed by atoms with Gasteiger partial charge in [-0.3, -0.25) is 0 Å². The molecule has 0 bridgehead atoms. The Morgan fingerprint density at radius 3 is 2.75 bits per heavy atom. The predicted molar refractivity (Wildman–Crippen MR) is 72.5 cm³/mol. The van der Waals surface area contributed by atoms with Crippen molar-refractivity contribution in [1.82, 2.24) is 4.98 Å². The summed E-state index contributed by atoms with van der Waals surface area (Å²) in [5.74, 6) is 0.441. The number of fused-ring (bicyclic) bond motifs is 1. The summed E-state index contributed by atoms with van der Waals surface area (Å²) in [4.78, 5) is 4.30. The first-order valence-corrected chi connectivity index (χ1v) is 6.61. The molecule has 0 radical (unpaired) electrons. The number of thiazole rings is 1. The van der Waals surface area contributed by atoms with Gasteiger partial charge in [0.15, 0.2) is 5.13 Å². The zero-order chi connectivity index (χ0) is 11.9. The quantitative estimate of drug-likeness (QED) is 0.872. The summed E-state index contributed by atoms with van der Waals surface area (Å²) in [5.41, 5.74) is 9.22. The lowest BCUT2D eigenvalue weighted by Crippen LogP contribution is -1.96. The third kappa shape index (κ3) is 1.78. The summed E-state index contributed by atoms with van der Waals surface area (Å²) in [6, 6.07) is 1.93. The number of hydrogen-bond donors (Lipinski definition) is 1. The minimum atomic E-state index is 0.441. The van der Waals surface area contributed by atoms with E-state index in [4.69, 9.17) is 17.3 Å². The minimum absolute atomic E-state index is 0.441. The summed E-state index contributed by atoms with van der Waals surface area (Å²) >= 11 is 7.84. The number of nitrogen functional groups attached to an aromatic ring is 1. The van der Waals surface area contributed by atoms with Gasteiger partial charge in [-0.05, 0) is 29.5 Å². The Labute approximate surface area is 104 Å². The summed E-state index contributed by atoms with van der Waals surface area (Å²) in [7, 11) is 0. The topological polar surface area (TPSA) is 38.9 Å². The molecule has 0 fully saturated rings. The van der Waals surface area contributed by atoms with E-state index in [1.165, 1.54) is 15.8 Å². The van der Waals surface area contributed by atoms with Gasteiger partial charge in [0.05, 0.1) is 10.2 Å². The van der Waals surface area contributed by atoms with Gasteiger partial charge in [0.2, 0.25) is 0 Å². The molecule has 2 rings (SSSR count). The van der Waals surface area contributed by atoms with Gasteiger partial charge in [-0.1, -0.05) is 43.7 Å². The number of hydrogen-bond acceptors (Lipinski definition) is 3. The molecule has 0 aliphatic heterocycles. The lowest BCUT2D eigenvalue weighted by molar-refractivity contribution is 0.856. The number of nitrogens with two attached hydrogens (primary N) is 1. The highest BCUT2D eigenvalue weighted by Crippen LogP contribution is 2.38. The highest BCUT2D eigenvalue weighted by Gasteiger charge is 2.16. The van der Waals surface area contributed by atoms with Crippen molar-refractivity contribution in [2.24, 2.45) is 0 Å². The Morgan fingerprint density at radius 2 is 2.19 bits per heavy atom. The van der Waals surface area contributed by atoms with E-state index in [1.54, 1.807) is 11.3 Å². The van der Waals surface area contributed by atoms with E-state index < -0.39 is 0 Å². The van der Waals surface area contributed by atoms with E-state index in [9.17, 15) is 0 Å². The highest BCUT2D eigenvalue weighted by molar-refractivity contribution is 7.22. The van der Waals surface area contributed by atoms with E-state index in [0.717, 1.165) is 17.0 Å². The van der Waals surface area contributed by atoms with Crippen LogP contribution in [0.4, 0.5) is 5.13 Å². The Bertz CT molecular complexity index is 531. The fourth-order valence-electron chi connectivity index (χ4n) is 2.08. The number of benzene rings is 1. The molecule has 1 aromatic heterocycles. The zero-order valence-electron chi connectivity index (χ0n) is 9.67. The molecule has 2 N–H and O–H groups in total. The van der Waals surface area contributed by atoms with Crippen LogP contribution >= 0.6 is 22.9 Å². The highest BCUT2D eigenvalue weighted by atomic mass is 35.5. The molecule has 0 aliphatic rings. The third-order valence-electron chi connectivity index (χ3n) is 2.72. The SMILES string of the molecule is CCc1c(Cl)cc2nc(N)sc2c1C(C)C. The number of anilines is 1. The Morgan fingerprint density at radius 1 is 1.50 bits per heavy atom. The maximum Gasteiger partial charge on any atom is 0.181 e. The van der Waals surface area contributed by atoms with Crippen LogP contribution in [0.5, 0.6) is 0 Å². The van der Waals surface area contributed by atoms with E-state index in [0.29, 0.717) is 11.0 Å². The average Bonchev–Trinajstić information content (AvgIpc) is 2.55. The molecule has 0 amide bonds. The molecule has 0 unspecified atom stereocenters. The lowest BCUT2D eigenvalue weighted by Gasteiger charge is -2.14. The van der Waals surface area contributed by atoms with Crippen molar-refractivity contribution < 1.29 is 0 Å². The van der Waals surface area contributed by atoms with Gasteiger partial charge in [-0.15, -0.1) is 0 Å². The van der Waals surface area contributed by atoms with E-state index in [1.807, 2.05) is 6.07 Å². The van der Waals surface area contributed by atoms with Crippen LogP contribution in [-0.4, -0.2) is 4.98 Å². The molecule has 0 spiro atoms. The first-order valence-electron chi connectivity index (χ1n) is 5.41. The number of halogens is 1. The normalized spacial score (nSPS) is 11.6. The van der Waals surface area contributed by atoms with Crippen LogP contribution in [-0.2, 0) is 6.42 Å². The van der Waals surface area contributed by atoms with Gasteiger partial charge in [-0.2, -0.15) is 0 Å². The Hall–Kier alpha value is -0.800. The maximum absolute atomic E-state index is 6.29. The fraction of sp³-hybridized carbons (Fsp3) is 0.417. The van der Waals surface area contributed by atoms with Crippen LogP contribution in [0.3, 0.4) is 0 Å². The minimum Gasteiger partial charge on any atom is -0.375 e. The molecule has 86 valence electrons. The Balaban J connectivity index is 2.86. The van der Waals surface area contributed by atoms with E-state index in [-0.39, 0.29) is 0 Å². The fourth-order valence-corrected chi connectivity index (χ4v) is 3.45. The third-order valence-corrected chi connectivity index (χ3v) is 3.99. The standard InChI is InChI=1S/C12H15ClN2S/c1-4-7-8(13)5-9-11(10(7)6(2)3)16-12(14)15-9/h5-6H,4H2,1-3H3,(H2,14,15). The summed E-state index contributed by atoms with van der Waals surface area (Å²) in [6.45, 7) is 6.49. The van der Waals surface area contributed by atoms with Gasteiger partial charge in [0.1, 0.15) is 0 Å². The molecular weight excluding hydrogens is 240 g/mol. The molecule has 1 heterocycles. The van der Waals surface area contributed by atoms with E-state index >= 15 is 0 Å². The van der Waals surface area contributed by atoms with Gasteiger partial charge in [-0.25, -0.2) is 4.98 Å². The van der Waals surface area contributed by atoms with E-state index in [2.05, 4.69) is 25.8 Å². The van der Waals surface area contributed by atoms with Gasteiger partial charge < -0.3 is 5.73 Å². The van der Waals surface area contributed by atoms with Gasteiger partial charge in [0, 0.05) is 5.02 Å². The first kappa shape index (κ1) is 11.7. The summed E-state index contributed by atoms with van der Waals surface area (Å²) < 4.78 is 1.19. The van der Waals surface area contributed by atoms with Crippen molar-refractivity contribution in [3.8, 4) is 0 Å². The molecule has 0 saturated carbocycles. The van der Waals surface area contributed by atoms with Crippen LogP contribution < -0.4 is 5.73 Å². The van der Waals surface area contributed by atoms with Crippen molar-refractivity contribution in [2.45, 2.75) is 33.1 Å². The first-order chi connectivity index (χ1) is 7.54. The lowest BCUT2D eigenvalue weighted by atomic mass is 9.95. The van der Waals surface area contributed by atoms with Gasteiger partial charge in [0.25, 0.3) is 0 Å². The molecular formula is C12H15ClN2S. The number of aromatic nitrogens is 1. The molecule has 2 nitrogen and oxygen atoms in total. The number of rotatable bonds is 2. The second-order valence-corrected chi connectivity index (χ2v) is 5.60. The average molecular weight is 255 g/mol. The monoisotopic (exact) mass is 254 g/mol. The van der Waals surface area contributed by atoms with Crippen LogP contribution in [0.15, 0.2) is 6.07 Å². The Kier molecular flexibility index (Phi) is 3.08. The largest absolute Gasteiger partial charge is 0.375 e. The predicted octanol–water partition coefficient (Wildman–Crippen LogP) is 4.22. The second kappa shape index (κ2) is 4.22. The molecule has 0 aliphatic carbocycles. The van der Waals surface area contributed by atoms with Crippen LogP contribution in [0, 0.1) is 0 Å². The van der Waals surface area contributed by atoms with Crippen molar-refractivity contribution in [1.29, 1.82) is 0 Å². The maximum atomic E-state index is 6.29. The molecule has 2 aromatic rings. The van der Waals surface area contributed by atoms with Gasteiger partial charge >= 0.3 is 0 Å². The van der Waals surface area contributed by atoms with Crippen molar-refractivity contribution in [3.05, 3.63) is 22.2 Å². The molecule has 4 heteroatoms. The van der Waals surface area contributed by atoms with Crippen molar-refractivity contribution >= 4 is 38.3 Å². The smallest absolute Gasteiger partial charge is 0.181 e. The van der Waals surface area contributed by atoms with Crippen LogP contribution in [0.1, 0.15) is 37.8 Å². The van der Waals surface area contributed by atoms with Crippen molar-refractivity contribution in [3.63, 3.8) is 0 Å². The van der Waals surface area contributed by atoms with Crippen LogP contribution in [0.2, 0.25) is 5.02 Å². The molecule has 0 atom stereocenters. The molecule has 1 aromatic carbocycles. The summed E-state index contributed by atoms with van der Waals surface area (Å²) in [6.07, 6.45) is 0.945. The molecule has 16 heavy (non-hydrogen) atoms. The van der Waals surface area contributed by atoms with Crippen molar-refractivity contribution in [2.75, 3.05) is 5.73 Å². The second-order valence-electron chi connectivity index (χ2n) is 4.16. The zero-order valence-corrected chi connectivity index (χ0v) is 11.2. The molecule has 0 saturated heterocycles. The summed E-state index contributed by atoms with van der Waals surface area (Å²) in [5, 5.41) is 1.42. The van der Waals surface area contributed by atoms with Crippen LogP contribution in [0.25, 0.3) is 10.2 Å². The number of nitrogens with zero attached hydrogens (tertiary/aromatic N) is 1.